The largest absolute Gasteiger partial charge is 0.508 e. The molecule has 0 aliphatic heterocycles. The molecule has 0 atom stereocenters. The summed E-state index contributed by atoms with van der Waals surface area (Å²) in [5, 5.41) is 8.63. The van der Waals surface area contributed by atoms with Crippen molar-refractivity contribution in [1.29, 1.82) is 0 Å². The van der Waals surface area contributed by atoms with Crippen molar-refractivity contribution in [2.75, 3.05) is 0 Å². The fraction of sp³-hybridized carbons (Fsp3) is 0.600. The Labute approximate surface area is 145 Å². The van der Waals surface area contributed by atoms with Crippen LogP contribution in [-0.2, 0) is 21.7 Å². The van der Waals surface area contributed by atoms with Crippen LogP contribution in [0, 0.1) is 0 Å². The molecule has 0 spiro atoms. The molecule has 0 aliphatic carbocycles. The monoisotopic (exact) mass is 352 g/mol. The van der Waals surface area contributed by atoms with Gasteiger partial charge in [0.15, 0.2) is 8.32 Å². The predicted octanol–water partition coefficient (Wildman–Crippen LogP) is 2.89. The fourth-order valence-electron chi connectivity index (χ4n) is 2.43. The summed E-state index contributed by atoms with van der Waals surface area (Å²) in [4.78, 5) is 10.4. The quantitative estimate of drug-likeness (QED) is 0.817. The average molecular weight is 352 g/mol. The number of phenolic OH excluding ortho intramolecular Hbond substituents is 1. The van der Waals surface area contributed by atoms with Crippen LogP contribution in [-0.4, -0.2) is 29.2 Å². The molecular formula is C15H32O4SiTi. The van der Waals surface area contributed by atoms with Gasteiger partial charge >= 0.3 is 0 Å². The summed E-state index contributed by atoms with van der Waals surface area (Å²) in [5.41, 5.74) is 1.42. The molecule has 1 rings (SSSR count). The summed E-state index contributed by atoms with van der Waals surface area (Å²) in [6.45, 7) is 12.9. The van der Waals surface area contributed by atoms with Crippen molar-refractivity contribution in [3.8, 4) is 5.75 Å². The molecule has 0 saturated heterocycles. The number of para-hydroxylation sites is 1. The molecule has 0 heterocycles. The normalized spacial score (nSPS) is 10.0. The zero-order chi connectivity index (χ0) is 14.3. The fourth-order valence-corrected chi connectivity index (χ4v) is 6.43. The molecule has 0 aliphatic rings. The maximum atomic E-state index is 10.4. The van der Waals surface area contributed by atoms with Crippen molar-refractivity contribution in [3.05, 3.63) is 30.3 Å². The Kier molecular flexibility index (Phi) is 18.6. The molecule has 1 aromatic carbocycles. The summed E-state index contributed by atoms with van der Waals surface area (Å²) in [7, 11) is -1.98. The summed E-state index contributed by atoms with van der Waals surface area (Å²) in [6, 6.07) is 8.71. The van der Waals surface area contributed by atoms with E-state index in [-0.39, 0.29) is 32.7 Å². The average Bonchev–Trinajstić information content (AvgIpc) is 2.28. The van der Waals surface area contributed by atoms with E-state index in [1.54, 1.807) is 24.3 Å². The van der Waals surface area contributed by atoms with Crippen LogP contribution in [0.4, 0.5) is 0 Å². The molecule has 1 aromatic rings. The molecule has 0 unspecified atom stereocenters. The van der Waals surface area contributed by atoms with E-state index < -0.39 is 8.32 Å². The van der Waals surface area contributed by atoms with E-state index in [0.29, 0.717) is 22.4 Å². The third-order valence-corrected chi connectivity index (χ3v) is 9.08. The minimum absolute atomic E-state index is 0. The van der Waals surface area contributed by atoms with Gasteiger partial charge in [-0.15, -0.1) is 0 Å². The first-order valence-electron chi connectivity index (χ1n) is 6.69. The van der Waals surface area contributed by atoms with Gasteiger partial charge in [-0.1, -0.05) is 59.7 Å². The first kappa shape index (κ1) is 28.9. The topological polar surface area (TPSA) is 103 Å². The Morgan fingerprint density at radius 3 is 1.14 bits per heavy atom. The Balaban J connectivity index is -0.000000127. The second-order valence-electron chi connectivity index (χ2n) is 5.69. The number of phenols is 1. The Hall–Kier alpha value is -0.169. The summed E-state index contributed by atoms with van der Waals surface area (Å²) in [5.74, 6) is 0.322. The van der Waals surface area contributed by atoms with Crippen LogP contribution in [0.25, 0.3) is 0 Å². The van der Waals surface area contributed by atoms with E-state index in [1.807, 2.05) is 6.07 Å². The Bertz CT molecular complexity index is 310. The molecule has 0 radical (unpaired) electrons. The molecule has 0 aromatic heterocycles. The minimum atomic E-state index is -1.98. The van der Waals surface area contributed by atoms with Crippen LogP contribution in [0.2, 0.25) is 16.6 Å². The molecule has 0 amide bonds. The van der Waals surface area contributed by atoms with E-state index in [1.165, 1.54) is 0 Å². The first-order valence-corrected chi connectivity index (χ1v) is 8.87. The zero-order valence-electron chi connectivity index (χ0n) is 14.0. The second-order valence-corrected chi connectivity index (χ2v) is 10.9. The van der Waals surface area contributed by atoms with Crippen molar-refractivity contribution >= 4 is 8.32 Å². The number of hydrogen-bond acceptors (Lipinski definition) is 2. The molecule has 6 heteroatoms. The number of benzene rings is 1. The van der Waals surface area contributed by atoms with Crippen LogP contribution >= 0.6 is 0 Å². The van der Waals surface area contributed by atoms with Crippen LogP contribution in [0.3, 0.4) is 0 Å². The van der Waals surface area contributed by atoms with Crippen molar-refractivity contribution < 1.29 is 42.6 Å². The summed E-state index contributed by atoms with van der Waals surface area (Å²) in [6.07, 6.45) is 0. The van der Waals surface area contributed by atoms with Gasteiger partial charge < -0.3 is 20.9 Å². The van der Waals surface area contributed by atoms with Crippen molar-refractivity contribution in [1.82, 2.24) is 0 Å². The van der Waals surface area contributed by atoms with E-state index in [0.717, 1.165) is 0 Å². The number of hydrogen-bond donors (Lipinski definition) is 2. The molecule has 0 saturated carbocycles. The van der Waals surface area contributed by atoms with Gasteiger partial charge in [0.05, 0.1) is 0 Å². The molecular weight excluding hydrogens is 320 g/mol. The van der Waals surface area contributed by atoms with Gasteiger partial charge in [0.25, 0.3) is 0 Å². The van der Waals surface area contributed by atoms with E-state index in [9.17, 15) is 4.80 Å². The van der Waals surface area contributed by atoms with Crippen molar-refractivity contribution in [2.24, 2.45) is 0 Å². The molecule has 4 nitrogen and oxygen atoms in total. The van der Waals surface area contributed by atoms with E-state index in [4.69, 9.17) is 5.11 Å². The van der Waals surface area contributed by atoms with Gasteiger partial charge in [-0.05, 0) is 28.8 Å². The minimum Gasteiger partial charge on any atom is -0.508 e. The van der Waals surface area contributed by atoms with E-state index >= 15 is 0 Å². The molecule has 0 fully saturated rings. The molecule has 21 heavy (non-hydrogen) atoms. The third kappa shape index (κ3) is 9.45. The maximum Gasteiger partial charge on any atom is 0.196 e. The van der Waals surface area contributed by atoms with Gasteiger partial charge in [0.2, 0.25) is 0 Å². The number of aromatic hydroxyl groups is 1. The summed E-state index contributed by atoms with van der Waals surface area (Å²) < 4.78 is 0. The Morgan fingerprint density at radius 1 is 0.762 bits per heavy atom. The summed E-state index contributed by atoms with van der Waals surface area (Å²) >= 11 is 0. The van der Waals surface area contributed by atoms with E-state index in [2.05, 4.69) is 41.5 Å². The standard InChI is InChI=1S/C9H22OSi.C6H6O.2H2O.Ti/c1-7(2)11(10,8(3)4)9(5)6;7-6-4-2-1-3-5-6;;;/h7-10H,1-6H3;1-5,7H;2*1H2;. The smallest absolute Gasteiger partial charge is 0.196 e. The zero-order valence-corrected chi connectivity index (χ0v) is 16.6. The van der Waals surface area contributed by atoms with Crippen LogP contribution in [0.5, 0.6) is 5.75 Å². The van der Waals surface area contributed by atoms with Gasteiger partial charge in [-0.2, -0.15) is 0 Å². The van der Waals surface area contributed by atoms with Gasteiger partial charge in [-0.3, -0.25) is 0 Å². The SMILES string of the molecule is CC(C)[Si](O)(C(C)C)C(C)C.O.O.Oc1ccccc1.[Ti]. The van der Waals surface area contributed by atoms with Crippen LogP contribution < -0.4 is 0 Å². The van der Waals surface area contributed by atoms with Gasteiger partial charge in [0.1, 0.15) is 5.75 Å². The maximum absolute atomic E-state index is 10.4. The van der Waals surface area contributed by atoms with Crippen LogP contribution in [0.1, 0.15) is 41.5 Å². The first-order chi connectivity index (χ1) is 8.22. The Morgan fingerprint density at radius 2 is 1.05 bits per heavy atom. The molecule has 0 bridgehead atoms. The van der Waals surface area contributed by atoms with Gasteiger partial charge in [-0.25, -0.2) is 0 Å². The molecule has 124 valence electrons. The van der Waals surface area contributed by atoms with Crippen molar-refractivity contribution in [2.45, 2.75) is 58.2 Å². The van der Waals surface area contributed by atoms with Crippen molar-refractivity contribution in [3.63, 3.8) is 0 Å². The molecule has 6 N–H and O–H groups in total. The predicted molar refractivity (Wildman–Crippen MR) is 88.6 cm³/mol. The second kappa shape index (κ2) is 13.5. The third-order valence-electron chi connectivity index (χ3n) is 3.53. The number of rotatable bonds is 3. The van der Waals surface area contributed by atoms with Gasteiger partial charge in [0, 0.05) is 21.7 Å². The van der Waals surface area contributed by atoms with Crippen LogP contribution in [0.15, 0.2) is 30.3 Å².